The van der Waals surface area contributed by atoms with Crippen LogP contribution in [0.2, 0.25) is 0 Å². The zero-order valence-corrected chi connectivity index (χ0v) is 12.2. The predicted molar refractivity (Wildman–Crippen MR) is 77.7 cm³/mol. The van der Waals surface area contributed by atoms with Crippen LogP contribution in [0.15, 0.2) is 18.2 Å². The summed E-state index contributed by atoms with van der Waals surface area (Å²) in [6, 6.07) is 6.84. The number of benzene rings is 1. The molecule has 0 radical (unpaired) electrons. The molecule has 2 rings (SSSR count). The van der Waals surface area contributed by atoms with Gasteiger partial charge < -0.3 is 14.8 Å². The van der Waals surface area contributed by atoms with E-state index in [-0.39, 0.29) is 6.10 Å². The molecule has 19 heavy (non-hydrogen) atoms. The van der Waals surface area contributed by atoms with Crippen molar-refractivity contribution in [2.75, 3.05) is 19.8 Å². The quantitative estimate of drug-likeness (QED) is 0.884. The van der Waals surface area contributed by atoms with Crippen molar-refractivity contribution in [1.82, 2.24) is 5.32 Å². The molecule has 0 aliphatic carbocycles. The Balaban J connectivity index is 2.01. The lowest BCUT2D eigenvalue weighted by Gasteiger charge is -2.24. The monoisotopic (exact) mass is 263 g/mol. The van der Waals surface area contributed by atoms with Crippen LogP contribution in [0.1, 0.15) is 43.9 Å². The molecule has 2 unspecified atom stereocenters. The Morgan fingerprint density at radius 2 is 2.32 bits per heavy atom. The average Bonchev–Trinajstić information content (AvgIpc) is 2.42. The lowest BCUT2D eigenvalue weighted by molar-refractivity contribution is 0.00714. The van der Waals surface area contributed by atoms with Gasteiger partial charge in [-0.05, 0) is 50.4 Å². The highest BCUT2D eigenvalue weighted by Crippen LogP contribution is 2.25. The summed E-state index contributed by atoms with van der Waals surface area (Å²) < 4.78 is 11.5. The molecule has 1 aromatic carbocycles. The van der Waals surface area contributed by atoms with Gasteiger partial charge in [0.25, 0.3) is 0 Å². The smallest absolute Gasteiger partial charge is 0.122 e. The summed E-state index contributed by atoms with van der Waals surface area (Å²) in [6.45, 7) is 9.00. The van der Waals surface area contributed by atoms with Gasteiger partial charge in [-0.1, -0.05) is 19.1 Å². The highest BCUT2D eigenvalue weighted by Gasteiger charge is 2.16. The Kier molecular flexibility index (Phi) is 5.23. The molecule has 1 aromatic rings. The highest BCUT2D eigenvalue weighted by atomic mass is 16.5. The van der Waals surface area contributed by atoms with Gasteiger partial charge in [-0.3, -0.25) is 0 Å². The third-order valence-corrected chi connectivity index (χ3v) is 3.62. The van der Waals surface area contributed by atoms with Crippen LogP contribution < -0.4 is 10.1 Å². The molecule has 3 nitrogen and oxygen atoms in total. The Labute approximate surface area is 116 Å². The molecule has 1 saturated heterocycles. The number of aryl methyl sites for hydroxylation is 1. The highest BCUT2D eigenvalue weighted by molar-refractivity contribution is 5.37. The second kappa shape index (κ2) is 6.92. The van der Waals surface area contributed by atoms with Gasteiger partial charge in [0.15, 0.2) is 0 Å². The predicted octanol–water partition coefficient (Wildman–Crippen LogP) is 3.22. The van der Waals surface area contributed by atoms with E-state index in [4.69, 9.17) is 9.47 Å². The summed E-state index contributed by atoms with van der Waals surface area (Å²) in [6.07, 6.45) is 2.40. The summed E-state index contributed by atoms with van der Waals surface area (Å²) in [5.41, 5.74) is 2.51. The van der Waals surface area contributed by atoms with Crippen molar-refractivity contribution in [2.24, 2.45) is 0 Å². The van der Waals surface area contributed by atoms with Crippen LogP contribution in [0.5, 0.6) is 5.75 Å². The second-order valence-electron chi connectivity index (χ2n) is 5.26. The van der Waals surface area contributed by atoms with Gasteiger partial charge in [-0.2, -0.15) is 0 Å². The molecule has 1 fully saturated rings. The largest absolute Gasteiger partial charge is 0.488 e. The standard InChI is InChI=1S/C16H25NO2/c1-4-17-13(3)14-7-8-16(12(2)10-14)19-15-6-5-9-18-11-15/h7-8,10,13,15,17H,4-6,9,11H2,1-3H3. The summed E-state index contributed by atoms with van der Waals surface area (Å²) in [5.74, 6) is 0.989. The Bertz CT molecular complexity index is 400. The van der Waals surface area contributed by atoms with Crippen LogP contribution in [0.25, 0.3) is 0 Å². The molecule has 0 amide bonds. The molecule has 1 aliphatic rings. The molecule has 106 valence electrons. The normalized spacial score (nSPS) is 21.1. The van der Waals surface area contributed by atoms with Gasteiger partial charge in [0.05, 0.1) is 6.61 Å². The van der Waals surface area contributed by atoms with E-state index < -0.39 is 0 Å². The van der Waals surface area contributed by atoms with Crippen LogP contribution in [0.3, 0.4) is 0 Å². The first kappa shape index (κ1) is 14.4. The van der Waals surface area contributed by atoms with E-state index in [1.54, 1.807) is 0 Å². The Morgan fingerprint density at radius 3 is 2.95 bits per heavy atom. The summed E-state index contributed by atoms with van der Waals surface area (Å²) in [7, 11) is 0. The fraction of sp³-hybridized carbons (Fsp3) is 0.625. The van der Waals surface area contributed by atoms with Crippen molar-refractivity contribution >= 4 is 0 Å². The van der Waals surface area contributed by atoms with E-state index >= 15 is 0 Å². The maximum atomic E-state index is 6.04. The molecule has 0 spiro atoms. The number of rotatable bonds is 5. The molecule has 0 aromatic heterocycles. The van der Waals surface area contributed by atoms with Crippen LogP contribution in [0, 0.1) is 6.92 Å². The number of hydrogen-bond donors (Lipinski definition) is 1. The maximum absolute atomic E-state index is 6.04. The van der Waals surface area contributed by atoms with Crippen molar-refractivity contribution in [3.63, 3.8) is 0 Å². The number of ether oxygens (including phenoxy) is 2. The molecular formula is C16H25NO2. The molecule has 2 atom stereocenters. The molecule has 1 heterocycles. The van der Waals surface area contributed by atoms with E-state index in [1.807, 2.05) is 0 Å². The number of nitrogens with one attached hydrogen (secondary N) is 1. The van der Waals surface area contributed by atoms with Gasteiger partial charge in [-0.15, -0.1) is 0 Å². The molecular weight excluding hydrogens is 238 g/mol. The molecule has 1 aliphatic heterocycles. The van der Waals surface area contributed by atoms with Crippen LogP contribution in [-0.4, -0.2) is 25.9 Å². The van der Waals surface area contributed by atoms with Gasteiger partial charge in [0.1, 0.15) is 11.9 Å². The maximum Gasteiger partial charge on any atom is 0.122 e. The van der Waals surface area contributed by atoms with Gasteiger partial charge in [0.2, 0.25) is 0 Å². The fourth-order valence-corrected chi connectivity index (χ4v) is 2.48. The first-order valence-corrected chi connectivity index (χ1v) is 7.29. The Hall–Kier alpha value is -1.06. The fourth-order valence-electron chi connectivity index (χ4n) is 2.48. The zero-order valence-electron chi connectivity index (χ0n) is 12.2. The minimum absolute atomic E-state index is 0.212. The van der Waals surface area contributed by atoms with Gasteiger partial charge >= 0.3 is 0 Å². The SMILES string of the molecule is CCNC(C)c1ccc(OC2CCCOC2)c(C)c1. The molecule has 0 bridgehead atoms. The van der Waals surface area contributed by atoms with Crippen molar-refractivity contribution in [1.29, 1.82) is 0 Å². The van der Waals surface area contributed by atoms with Crippen LogP contribution in [0.4, 0.5) is 0 Å². The summed E-state index contributed by atoms with van der Waals surface area (Å²) in [4.78, 5) is 0. The lowest BCUT2D eigenvalue weighted by atomic mass is 10.0. The van der Waals surface area contributed by atoms with Crippen molar-refractivity contribution in [2.45, 2.75) is 45.8 Å². The lowest BCUT2D eigenvalue weighted by Crippen LogP contribution is -2.28. The first-order chi connectivity index (χ1) is 9.20. The second-order valence-corrected chi connectivity index (χ2v) is 5.26. The summed E-state index contributed by atoms with van der Waals surface area (Å²) >= 11 is 0. The number of hydrogen-bond acceptors (Lipinski definition) is 3. The topological polar surface area (TPSA) is 30.5 Å². The van der Waals surface area contributed by atoms with Crippen molar-refractivity contribution < 1.29 is 9.47 Å². The van der Waals surface area contributed by atoms with Gasteiger partial charge in [-0.25, -0.2) is 0 Å². The third-order valence-electron chi connectivity index (χ3n) is 3.62. The van der Waals surface area contributed by atoms with E-state index in [0.29, 0.717) is 6.04 Å². The Morgan fingerprint density at radius 1 is 1.47 bits per heavy atom. The van der Waals surface area contributed by atoms with E-state index in [0.717, 1.165) is 38.3 Å². The minimum atomic E-state index is 0.212. The van der Waals surface area contributed by atoms with Crippen LogP contribution in [-0.2, 0) is 4.74 Å². The van der Waals surface area contributed by atoms with E-state index in [1.165, 1.54) is 11.1 Å². The zero-order chi connectivity index (χ0) is 13.7. The molecule has 3 heteroatoms. The van der Waals surface area contributed by atoms with Crippen molar-refractivity contribution in [3.05, 3.63) is 29.3 Å². The van der Waals surface area contributed by atoms with Gasteiger partial charge in [0, 0.05) is 12.6 Å². The van der Waals surface area contributed by atoms with Crippen LogP contribution >= 0.6 is 0 Å². The molecule has 0 saturated carbocycles. The third kappa shape index (κ3) is 3.95. The minimum Gasteiger partial charge on any atom is -0.488 e. The van der Waals surface area contributed by atoms with E-state index in [9.17, 15) is 0 Å². The van der Waals surface area contributed by atoms with Crippen molar-refractivity contribution in [3.8, 4) is 5.75 Å². The average molecular weight is 263 g/mol. The summed E-state index contributed by atoms with van der Waals surface area (Å²) in [5, 5.41) is 3.43. The molecule has 1 N–H and O–H groups in total. The van der Waals surface area contributed by atoms with E-state index in [2.05, 4.69) is 44.3 Å². The first-order valence-electron chi connectivity index (χ1n) is 7.29.